The lowest BCUT2D eigenvalue weighted by molar-refractivity contribution is 0.145. The Morgan fingerprint density at radius 3 is 2.70 bits per heavy atom. The molecule has 2 N–H and O–H groups in total. The highest BCUT2D eigenvalue weighted by molar-refractivity contribution is 5.85. The van der Waals surface area contributed by atoms with Crippen LogP contribution in [0.25, 0.3) is 16.7 Å². The number of nitriles is 1. The van der Waals surface area contributed by atoms with Crippen molar-refractivity contribution in [3.8, 4) is 6.07 Å². The summed E-state index contributed by atoms with van der Waals surface area (Å²) in [5.74, 6) is 0.514. The quantitative estimate of drug-likeness (QED) is 0.467. The fourth-order valence-corrected chi connectivity index (χ4v) is 4.77. The summed E-state index contributed by atoms with van der Waals surface area (Å²) < 4.78 is 16.3. The lowest BCUT2D eigenvalue weighted by atomic mass is 10.0. The molecule has 168 valence electrons. The van der Waals surface area contributed by atoms with Crippen molar-refractivity contribution in [1.29, 1.82) is 5.26 Å². The van der Waals surface area contributed by atoms with E-state index in [1.165, 1.54) is 6.07 Å². The number of nitrogens with one attached hydrogen (secondary N) is 1. The Bertz CT molecular complexity index is 1380. The molecule has 5 rings (SSSR count). The van der Waals surface area contributed by atoms with Gasteiger partial charge in [0.25, 0.3) is 0 Å². The van der Waals surface area contributed by atoms with Gasteiger partial charge in [0, 0.05) is 24.3 Å². The van der Waals surface area contributed by atoms with Gasteiger partial charge in [0.2, 0.25) is 0 Å². The number of hydrogen-bond acceptors (Lipinski definition) is 5. The van der Waals surface area contributed by atoms with Gasteiger partial charge in [0.1, 0.15) is 17.7 Å². The van der Waals surface area contributed by atoms with E-state index in [0.717, 1.165) is 46.8 Å². The van der Waals surface area contributed by atoms with Gasteiger partial charge < -0.3 is 15.3 Å². The first-order valence-electron chi connectivity index (χ1n) is 11.3. The number of fused-ring (bicyclic) bond motifs is 3. The standard InChI is InChI=1S/C26H26FN5O/c1-16-13-25(32-24-6-4-3-5-22(24)30-26(32)21(16)15-28)29-17(2)20-14-18(27)7-8-23(20)31-11-9-19(33)10-12-31/h3-8,13-14,17,19,29,33H,9-12H2,1-2H3. The molecule has 1 aliphatic heterocycles. The molecule has 3 heterocycles. The van der Waals surface area contributed by atoms with E-state index in [1.807, 2.05) is 54.6 Å². The number of rotatable bonds is 4. The molecule has 0 amide bonds. The fourth-order valence-electron chi connectivity index (χ4n) is 4.77. The lowest BCUT2D eigenvalue weighted by Gasteiger charge is -2.34. The zero-order chi connectivity index (χ0) is 23.1. The number of benzene rings is 2. The third kappa shape index (κ3) is 3.77. The number of imidazole rings is 1. The summed E-state index contributed by atoms with van der Waals surface area (Å²) in [6.07, 6.45) is 1.13. The van der Waals surface area contributed by atoms with E-state index in [1.54, 1.807) is 6.07 Å². The van der Waals surface area contributed by atoms with Crippen LogP contribution in [0.2, 0.25) is 0 Å². The maximum absolute atomic E-state index is 14.3. The molecule has 2 aromatic carbocycles. The molecule has 1 unspecified atom stereocenters. The van der Waals surface area contributed by atoms with Crippen LogP contribution in [0.3, 0.4) is 0 Å². The first-order chi connectivity index (χ1) is 16.0. The maximum atomic E-state index is 14.3. The number of aryl methyl sites for hydroxylation is 1. The molecule has 0 radical (unpaired) electrons. The Hall–Kier alpha value is -3.63. The van der Waals surface area contributed by atoms with Crippen molar-refractivity contribution in [2.24, 2.45) is 0 Å². The molecule has 2 aromatic heterocycles. The van der Waals surface area contributed by atoms with Gasteiger partial charge in [-0.2, -0.15) is 5.26 Å². The Morgan fingerprint density at radius 1 is 1.18 bits per heavy atom. The second-order valence-electron chi connectivity index (χ2n) is 8.75. The van der Waals surface area contributed by atoms with Crippen LogP contribution in [0.4, 0.5) is 15.9 Å². The Kier molecular flexibility index (Phi) is 5.39. The average molecular weight is 444 g/mol. The number of anilines is 2. The number of aliphatic hydroxyl groups excluding tert-OH is 1. The molecule has 4 aromatic rings. The molecular formula is C26H26FN5O. The van der Waals surface area contributed by atoms with E-state index in [4.69, 9.17) is 4.98 Å². The van der Waals surface area contributed by atoms with Crippen LogP contribution in [0.1, 0.15) is 42.5 Å². The number of pyridine rings is 1. The van der Waals surface area contributed by atoms with Crippen LogP contribution in [0.5, 0.6) is 0 Å². The molecule has 6 nitrogen and oxygen atoms in total. The normalized spacial score (nSPS) is 15.7. The minimum Gasteiger partial charge on any atom is -0.393 e. The van der Waals surface area contributed by atoms with Gasteiger partial charge in [0.15, 0.2) is 5.65 Å². The predicted octanol–water partition coefficient (Wildman–Crippen LogP) is 4.94. The van der Waals surface area contributed by atoms with E-state index < -0.39 is 0 Å². The third-order valence-electron chi connectivity index (χ3n) is 6.51. The highest BCUT2D eigenvalue weighted by Crippen LogP contribution is 2.33. The Labute approximate surface area is 191 Å². The van der Waals surface area contributed by atoms with Gasteiger partial charge in [-0.3, -0.25) is 4.40 Å². The van der Waals surface area contributed by atoms with Crippen LogP contribution in [-0.2, 0) is 0 Å². The minimum atomic E-state index is -0.284. The molecule has 1 aliphatic rings. The zero-order valence-corrected chi connectivity index (χ0v) is 18.7. The summed E-state index contributed by atoms with van der Waals surface area (Å²) in [4.78, 5) is 6.92. The molecule has 33 heavy (non-hydrogen) atoms. The number of nitrogens with zero attached hydrogens (tertiary/aromatic N) is 4. The highest BCUT2D eigenvalue weighted by Gasteiger charge is 2.23. The van der Waals surface area contributed by atoms with Crippen LogP contribution < -0.4 is 10.2 Å². The number of aromatic nitrogens is 2. The van der Waals surface area contributed by atoms with Crippen molar-refractivity contribution in [2.45, 2.75) is 38.8 Å². The van der Waals surface area contributed by atoms with Crippen molar-refractivity contribution in [2.75, 3.05) is 23.3 Å². The molecule has 0 bridgehead atoms. The minimum absolute atomic E-state index is 0.209. The van der Waals surface area contributed by atoms with Crippen LogP contribution >= 0.6 is 0 Å². The van der Waals surface area contributed by atoms with Gasteiger partial charge in [-0.1, -0.05) is 12.1 Å². The SMILES string of the molecule is Cc1cc(NC(C)c2cc(F)ccc2N2CCC(O)CC2)n2c(nc3ccccc32)c1C#N. The van der Waals surface area contributed by atoms with Crippen molar-refractivity contribution >= 4 is 28.2 Å². The van der Waals surface area contributed by atoms with E-state index in [2.05, 4.69) is 16.3 Å². The third-order valence-corrected chi connectivity index (χ3v) is 6.51. The molecule has 1 atom stereocenters. The average Bonchev–Trinajstić information content (AvgIpc) is 3.19. The first kappa shape index (κ1) is 21.2. The van der Waals surface area contributed by atoms with Gasteiger partial charge in [-0.15, -0.1) is 0 Å². The summed E-state index contributed by atoms with van der Waals surface area (Å²) in [6, 6.07) is 16.7. The molecule has 0 aliphatic carbocycles. The number of piperidine rings is 1. The van der Waals surface area contributed by atoms with Crippen molar-refractivity contribution in [3.63, 3.8) is 0 Å². The summed E-state index contributed by atoms with van der Waals surface area (Å²) in [5, 5.41) is 23.2. The smallest absolute Gasteiger partial charge is 0.157 e. The summed E-state index contributed by atoms with van der Waals surface area (Å²) in [6.45, 7) is 5.38. The van der Waals surface area contributed by atoms with E-state index >= 15 is 0 Å². The van der Waals surface area contributed by atoms with Gasteiger partial charge >= 0.3 is 0 Å². The molecule has 1 saturated heterocycles. The topological polar surface area (TPSA) is 76.6 Å². The summed E-state index contributed by atoms with van der Waals surface area (Å²) in [5.41, 5.74) is 5.53. The van der Waals surface area contributed by atoms with Crippen LogP contribution in [0, 0.1) is 24.1 Å². The maximum Gasteiger partial charge on any atom is 0.157 e. The van der Waals surface area contributed by atoms with Crippen LogP contribution in [0.15, 0.2) is 48.5 Å². The van der Waals surface area contributed by atoms with E-state index in [9.17, 15) is 14.8 Å². The second-order valence-corrected chi connectivity index (χ2v) is 8.75. The molecule has 0 spiro atoms. The molecule has 7 heteroatoms. The van der Waals surface area contributed by atoms with Crippen LogP contribution in [-0.4, -0.2) is 33.7 Å². The van der Waals surface area contributed by atoms with Crippen molar-refractivity contribution < 1.29 is 9.50 Å². The predicted molar refractivity (Wildman–Crippen MR) is 128 cm³/mol. The number of halogens is 1. The number of para-hydroxylation sites is 2. The monoisotopic (exact) mass is 443 g/mol. The van der Waals surface area contributed by atoms with Gasteiger partial charge in [-0.05, 0) is 68.7 Å². The lowest BCUT2D eigenvalue weighted by Crippen LogP contribution is -2.36. The highest BCUT2D eigenvalue weighted by atomic mass is 19.1. The van der Waals surface area contributed by atoms with Gasteiger partial charge in [-0.25, -0.2) is 9.37 Å². The second kappa shape index (κ2) is 8.38. The summed E-state index contributed by atoms with van der Waals surface area (Å²) >= 11 is 0. The molecule has 0 saturated carbocycles. The van der Waals surface area contributed by atoms with Crippen molar-refractivity contribution in [3.05, 3.63) is 71.0 Å². The zero-order valence-electron chi connectivity index (χ0n) is 18.7. The molecular weight excluding hydrogens is 417 g/mol. The Morgan fingerprint density at radius 2 is 1.94 bits per heavy atom. The Balaban J connectivity index is 1.59. The van der Waals surface area contributed by atoms with E-state index in [0.29, 0.717) is 24.1 Å². The van der Waals surface area contributed by atoms with Gasteiger partial charge in [0.05, 0.1) is 28.7 Å². The number of hydrogen-bond donors (Lipinski definition) is 2. The largest absolute Gasteiger partial charge is 0.393 e. The van der Waals surface area contributed by atoms with E-state index in [-0.39, 0.29) is 18.0 Å². The fraction of sp³-hybridized carbons (Fsp3) is 0.308. The molecule has 1 fully saturated rings. The summed E-state index contributed by atoms with van der Waals surface area (Å²) in [7, 11) is 0. The number of aliphatic hydroxyl groups is 1. The van der Waals surface area contributed by atoms with Crippen molar-refractivity contribution in [1.82, 2.24) is 9.38 Å². The first-order valence-corrected chi connectivity index (χ1v) is 11.3.